The van der Waals surface area contributed by atoms with Crippen LogP contribution >= 0.6 is 0 Å². The number of aliphatic hydroxyl groups is 1. The first-order valence-electron chi connectivity index (χ1n) is 6.84. The fourth-order valence-electron chi connectivity index (χ4n) is 1.85. The van der Waals surface area contributed by atoms with Gasteiger partial charge in [-0.3, -0.25) is 9.59 Å². The van der Waals surface area contributed by atoms with Gasteiger partial charge < -0.3 is 19.2 Å². The maximum atomic E-state index is 13.5. The van der Waals surface area contributed by atoms with Crippen LogP contribution in [0.25, 0.3) is 0 Å². The molecule has 0 radical (unpaired) electrons. The van der Waals surface area contributed by atoms with Crippen LogP contribution in [-0.4, -0.2) is 29.6 Å². The summed E-state index contributed by atoms with van der Waals surface area (Å²) in [5.74, 6) is -0.840. The third-order valence-corrected chi connectivity index (χ3v) is 3.15. The molecule has 0 aliphatic rings. The summed E-state index contributed by atoms with van der Waals surface area (Å²) in [4.78, 5) is 24.9. The van der Waals surface area contributed by atoms with E-state index in [0.29, 0.717) is 5.56 Å². The summed E-state index contributed by atoms with van der Waals surface area (Å²) in [6.07, 6.45) is 1.04. The quantitative estimate of drug-likeness (QED) is 0.868. The lowest BCUT2D eigenvalue weighted by atomic mass is 10.2. The van der Waals surface area contributed by atoms with Crippen molar-refractivity contribution in [2.24, 2.45) is 0 Å². The fraction of sp³-hybridized carbons (Fsp3) is 0.250. The summed E-state index contributed by atoms with van der Waals surface area (Å²) in [5, 5.41) is 8.84. The summed E-state index contributed by atoms with van der Waals surface area (Å²) >= 11 is 0. The third-order valence-electron chi connectivity index (χ3n) is 3.15. The first-order chi connectivity index (χ1) is 11.0. The number of aliphatic hydroxyl groups excluding tert-OH is 1. The highest BCUT2D eigenvalue weighted by Gasteiger charge is 2.13. The highest BCUT2D eigenvalue weighted by atomic mass is 19.1. The minimum Gasteiger partial charge on any atom is -0.477 e. The number of amides is 1. The van der Waals surface area contributed by atoms with Crippen molar-refractivity contribution >= 4 is 5.91 Å². The van der Waals surface area contributed by atoms with Crippen LogP contribution in [0.3, 0.4) is 0 Å². The first kappa shape index (κ1) is 16.7. The number of hydrogen-bond acceptors (Lipinski definition) is 5. The van der Waals surface area contributed by atoms with E-state index in [1.807, 2.05) is 0 Å². The van der Waals surface area contributed by atoms with Gasteiger partial charge in [0.05, 0.1) is 0 Å². The molecule has 0 fully saturated rings. The van der Waals surface area contributed by atoms with Crippen molar-refractivity contribution in [2.75, 3.05) is 13.7 Å². The maximum absolute atomic E-state index is 13.5. The van der Waals surface area contributed by atoms with Crippen LogP contribution in [0.1, 0.15) is 11.3 Å². The Bertz CT molecular complexity index is 743. The van der Waals surface area contributed by atoms with Crippen LogP contribution in [0.2, 0.25) is 0 Å². The van der Waals surface area contributed by atoms with E-state index in [-0.39, 0.29) is 24.7 Å². The zero-order valence-corrected chi connectivity index (χ0v) is 12.5. The highest BCUT2D eigenvalue weighted by Crippen LogP contribution is 2.10. The number of hydrogen-bond donors (Lipinski definition) is 1. The third kappa shape index (κ3) is 4.40. The normalized spacial score (nSPS) is 10.4. The van der Waals surface area contributed by atoms with Crippen molar-refractivity contribution in [1.29, 1.82) is 0 Å². The molecule has 23 heavy (non-hydrogen) atoms. The number of likely N-dealkylation sites (N-methyl/N-ethyl adjacent to an activating group) is 1. The van der Waals surface area contributed by atoms with Gasteiger partial charge in [0.25, 0.3) is 5.91 Å². The van der Waals surface area contributed by atoms with Crippen molar-refractivity contribution in [2.45, 2.75) is 13.2 Å². The lowest BCUT2D eigenvalue weighted by Gasteiger charge is -2.17. The Morgan fingerprint density at radius 2 is 2.13 bits per heavy atom. The lowest BCUT2D eigenvalue weighted by molar-refractivity contribution is -0.132. The van der Waals surface area contributed by atoms with E-state index in [1.165, 1.54) is 18.0 Å². The molecule has 0 aliphatic carbocycles. The van der Waals surface area contributed by atoms with E-state index >= 15 is 0 Å². The Labute approximate surface area is 131 Å². The molecule has 0 bridgehead atoms. The first-order valence-corrected chi connectivity index (χ1v) is 6.84. The summed E-state index contributed by atoms with van der Waals surface area (Å²) in [7, 11) is 1.51. The minimum absolute atomic E-state index is 0.0902. The number of halogens is 1. The molecule has 1 heterocycles. The van der Waals surface area contributed by atoms with Gasteiger partial charge in [-0.15, -0.1) is 0 Å². The molecule has 0 saturated heterocycles. The number of benzene rings is 1. The molecule has 2 rings (SSSR count). The predicted molar refractivity (Wildman–Crippen MR) is 79.3 cm³/mol. The Morgan fingerprint density at radius 3 is 2.78 bits per heavy atom. The Hall–Kier alpha value is -2.67. The van der Waals surface area contributed by atoms with Gasteiger partial charge in [0.1, 0.15) is 24.4 Å². The molecular formula is C16H16FNO5. The van der Waals surface area contributed by atoms with Crippen molar-refractivity contribution in [3.05, 3.63) is 64.0 Å². The molecule has 0 spiro atoms. The van der Waals surface area contributed by atoms with E-state index in [9.17, 15) is 14.0 Å². The number of rotatable bonds is 6. The zero-order valence-electron chi connectivity index (χ0n) is 12.5. The molecular weight excluding hydrogens is 305 g/mol. The van der Waals surface area contributed by atoms with Gasteiger partial charge in [0.15, 0.2) is 6.61 Å². The average molecular weight is 321 g/mol. The minimum atomic E-state index is -0.496. The van der Waals surface area contributed by atoms with Crippen LogP contribution in [0.5, 0.6) is 5.75 Å². The van der Waals surface area contributed by atoms with Gasteiger partial charge in [0, 0.05) is 25.2 Å². The zero-order chi connectivity index (χ0) is 16.8. The molecule has 1 aromatic heterocycles. The summed E-state index contributed by atoms with van der Waals surface area (Å²) < 4.78 is 23.6. The number of nitrogens with zero attached hydrogens (tertiary/aromatic N) is 1. The summed E-state index contributed by atoms with van der Waals surface area (Å²) in [6.45, 7) is -0.694. The van der Waals surface area contributed by atoms with Gasteiger partial charge in [-0.1, -0.05) is 18.2 Å². The number of ether oxygens (including phenoxy) is 1. The van der Waals surface area contributed by atoms with E-state index in [4.69, 9.17) is 14.3 Å². The maximum Gasteiger partial charge on any atom is 0.260 e. The molecule has 0 unspecified atom stereocenters. The average Bonchev–Trinajstić information content (AvgIpc) is 2.55. The van der Waals surface area contributed by atoms with Gasteiger partial charge in [-0.05, 0) is 6.07 Å². The van der Waals surface area contributed by atoms with Crippen molar-refractivity contribution in [3.63, 3.8) is 0 Å². The van der Waals surface area contributed by atoms with Gasteiger partial charge in [-0.2, -0.15) is 0 Å². The van der Waals surface area contributed by atoms with Gasteiger partial charge in [0.2, 0.25) is 11.2 Å². The topological polar surface area (TPSA) is 80.0 Å². The van der Waals surface area contributed by atoms with Crippen LogP contribution < -0.4 is 10.2 Å². The van der Waals surface area contributed by atoms with Crippen molar-refractivity contribution in [3.8, 4) is 5.75 Å². The molecule has 122 valence electrons. The molecule has 0 saturated carbocycles. The molecule has 2 aromatic rings. The largest absolute Gasteiger partial charge is 0.477 e. The molecule has 0 atom stereocenters. The Morgan fingerprint density at radius 1 is 1.39 bits per heavy atom. The van der Waals surface area contributed by atoms with Crippen molar-refractivity contribution in [1.82, 2.24) is 4.90 Å². The van der Waals surface area contributed by atoms with Crippen molar-refractivity contribution < 1.29 is 23.4 Å². The van der Waals surface area contributed by atoms with Gasteiger partial charge >= 0.3 is 0 Å². The van der Waals surface area contributed by atoms with Crippen LogP contribution in [-0.2, 0) is 17.9 Å². The summed E-state index contributed by atoms with van der Waals surface area (Å²) in [6, 6.07) is 7.24. The van der Waals surface area contributed by atoms with Crippen LogP contribution in [0, 0.1) is 5.82 Å². The second-order valence-electron chi connectivity index (χ2n) is 4.86. The molecule has 1 N–H and O–H groups in total. The number of carbonyl (C=O) groups excluding carboxylic acids is 1. The predicted octanol–water partition coefficient (Wildman–Crippen LogP) is 1.31. The highest BCUT2D eigenvalue weighted by molar-refractivity contribution is 5.77. The van der Waals surface area contributed by atoms with Crippen LogP contribution in [0.15, 0.2) is 45.8 Å². The second kappa shape index (κ2) is 7.55. The Balaban J connectivity index is 1.94. The SMILES string of the molecule is CN(Cc1ccccc1F)C(=O)COc1coc(CO)cc1=O. The smallest absolute Gasteiger partial charge is 0.260 e. The van der Waals surface area contributed by atoms with Gasteiger partial charge in [-0.25, -0.2) is 4.39 Å². The molecule has 1 aromatic carbocycles. The standard InChI is InChI=1S/C16H16FNO5/c1-18(7-11-4-2-3-5-13(11)17)16(21)10-23-15-9-22-12(8-19)6-14(15)20/h2-6,9,19H,7-8,10H2,1H3. The molecule has 7 heteroatoms. The van der Waals surface area contributed by atoms with E-state index < -0.39 is 23.8 Å². The van der Waals surface area contributed by atoms with E-state index in [0.717, 1.165) is 12.3 Å². The van der Waals surface area contributed by atoms with E-state index in [2.05, 4.69) is 0 Å². The molecule has 1 amide bonds. The molecule has 6 nitrogen and oxygen atoms in total. The monoisotopic (exact) mass is 321 g/mol. The fourth-order valence-corrected chi connectivity index (χ4v) is 1.85. The Kier molecular flexibility index (Phi) is 5.48. The molecule has 0 aliphatic heterocycles. The van der Waals surface area contributed by atoms with E-state index in [1.54, 1.807) is 18.2 Å². The van der Waals surface area contributed by atoms with Crippen LogP contribution in [0.4, 0.5) is 4.39 Å². The second-order valence-corrected chi connectivity index (χ2v) is 4.86. The lowest BCUT2D eigenvalue weighted by Crippen LogP contribution is -2.31. The summed E-state index contributed by atoms with van der Waals surface area (Å²) in [5.41, 5.74) is -0.111. The number of carbonyl (C=O) groups is 1.